The van der Waals surface area contributed by atoms with Crippen molar-refractivity contribution in [1.82, 2.24) is 4.90 Å². The molecule has 0 aromatic heterocycles. The minimum absolute atomic E-state index is 0. The summed E-state index contributed by atoms with van der Waals surface area (Å²) in [5.41, 5.74) is 6.32. The van der Waals surface area contributed by atoms with E-state index in [4.69, 9.17) is 17.3 Å². The number of carbonyl (C=O) groups is 1. The molecule has 1 fully saturated rings. The molecule has 1 saturated heterocycles. The molecule has 1 aliphatic heterocycles. The third-order valence-electron chi connectivity index (χ3n) is 3.08. The molecule has 1 aromatic carbocycles. The minimum Gasteiger partial charge on any atom is -0.334 e. The fourth-order valence-corrected chi connectivity index (χ4v) is 2.64. The molecule has 1 aromatic rings. The van der Waals surface area contributed by atoms with Crippen molar-refractivity contribution in [3.8, 4) is 0 Å². The van der Waals surface area contributed by atoms with Crippen LogP contribution in [0.4, 0.5) is 0 Å². The number of amides is 1. The second-order valence-corrected chi connectivity index (χ2v) is 5.42. The smallest absolute Gasteiger partial charge is 0.254 e. The van der Waals surface area contributed by atoms with E-state index in [0.717, 1.165) is 23.9 Å². The van der Waals surface area contributed by atoms with Crippen LogP contribution in [0, 0.1) is 0 Å². The predicted molar refractivity (Wildman–Crippen MR) is 79.5 cm³/mol. The van der Waals surface area contributed by atoms with Gasteiger partial charge in [0.25, 0.3) is 5.91 Å². The van der Waals surface area contributed by atoms with Crippen LogP contribution in [-0.2, 0) is 0 Å². The Morgan fingerprint density at radius 1 is 1.56 bits per heavy atom. The molecule has 3 nitrogen and oxygen atoms in total. The first-order valence-corrected chi connectivity index (χ1v) is 6.76. The van der Waals surface area contributed by atoms with Crippen LogP contribution < -0.4 is 5.73 Å². The van der Waals surface area contributed by atoms with Gasteiger partial charge in [-0.2, -0.15) is 0 Å². The molecular formula is C12H15BrCl2N2O. The Morgan fingerprint density at radius 2 is 2.28 bits per heavy atom. The number of carbonyl (C=O) groups excluding carboxylic acids is 1. The molecule has 0 bridgehead atoms. The van der Waals surface area contributed by atoms with Gasteiger partial charge in [0.1, 0.15) is 0 Å². The summed E-state index contributed by atoms with van der Waals surface area (Å²) in [5, 5.41) is 0.610. The van der Waals surface area contributed by atoms with Gasteiger partial charge in [-0.3, -0.25) is 4.79 Å². The van der Waals surface area contributed by atoms with Gasteiger partial charge in [0, 0.05) is 29.2 Å². The molecule has 1 atom stereocenters. The molecule has 6 heteroatoms. The molecule has 0 saturated carbocycles. The summed E-state index contributed by atoms with van der Waals surface area (Å²) in [7, 11) is 0. The first-order chi connectivity index (χ1) is 8.13. The van der Waals surface area contributed by atoms with E-state index in [-0.39, 0.29) is 24.4 Å². The zero-order valence-corrected chi connectivity index (χ0v) is 12.9. The Balaban J connectivity index is 0.00000162. The van der Waals surface area contributed by atoms with Crippen molar-refractivity contribution < 1.29 is 4.79 Å². The number of likely N-dealkylation sites (tertiary alicyclic amines) is 1. The van der Waals surface area contributed by atoms with Crippen LogP contribution in [0.15, 0.2) is 22.7 Å². The first kappa shape index (κ1) is 15.8. The SMILES string of the molecule is Cl.NCC1CCCN1C(=O)c1ccc(Cl)c(Br)c1. The van der Waals surface area contributed by atoms with Crippen molar-refractivity contribution in [1.29, 1.82) is 0 Å². The van der Waals surface area contributed by atoms with Gasteiger partial charge in [-0.15, -0.1) is 12.4 Å². The highest BCUT2D eigenvalue weighted by molar-refractivity contribution is 9.10. The summed E-state index contributed by atoms with van der Waals surface area (Å²) in [6.07, 6.45) is 2.03. The molecule has 1 amide bonds. The van der Waals surface area contributed by atoms with Gasteiger partial charge < -0.3 is 10.6 Å². The van der Waals surface area contributed by atoms with Gasteiger partial charge >= 0.3 is 0 Å². The standard InChI is InChI=1S/C12H14BrClN2O.ClH/c13-10-6-8(3-4-11(10)14)12(17)16-5-1-2-9(16)7-15;/h3-4,6,9H,1-2,5,7,15H2;1H. The monoisotopic (exact) mass is 352 g/mol. The van der Waals surface area contributed by atoms with Crippen molar-refractivity contribution in [2.75, 3.05) is 13.1 Å². The van der Waals surface area contributed by atoms with Crippen molar-refractivity contribution in [2.45, 2.75) is 18.9 Å². The van der Waals surface area contributed by atoms with E-state index in [1.807, 2.05) is 4.90 Å². The molecule has 0 spiro atoms. The van der Waals surface area contributed by atoms with Crippen LogP contribution in [0.1, 0.15) is 23.2 Å². The van der Waals surface area contributed by atoms with Crippen LogP contribution in [0.25, 0.3) is 0 Å². The maximum atomic E-state index is 12.3. The van der Waals surface area contributed by atoms with Gasteiger partial charge in [0.2, 0.25) is 0 Å². The fourth-order valence-electron chi connectivity index (χ4n) is 2.14. The third kappa shape index (κ3) is 3.18. The van der Waals surface area contributed by atoms with E-state index in [9.17, 15) is 4.79 Å². The van der Waals surface area contributed by atoms with E-state index in [2.05, 4.69) is 15.9 Å². The van der Waals surface area contributed by atoms with E-state index < -0.39 is 0 Å². The number of rotatable bonds is 2. The lowest BCUT2D eigenvalue weighted by molar-refractivity contribution is 0.0741. The molecule has 0 radical (unpaired) electrons. The number of nitrogens with two attached hydrogens (primary N) is 1. The zero-order valence-electron chi connectivity index (χ0n) is 9.73. The molecule has 1 unspecified atom stereocenters. The Kier molecular flexibility index (Phi) is 5.92. The number of nitrogens with zero attached hydrogens (tertiary/aromatic N) is 1. The molecule has 2 N–H and O–H groups in total. The summed E-state index contributed by atoms with van der Waals surface area (Å²) in [5.74, 6) is 0.0373. The fraction of sp³-hybridized carbons (Fsp3) is 0.417. The van der Waals surface area contributed by atoms with Crippen LogP contribution >= 0.6 is 39.9 Å². The Bertz CT molecular complexity index is 442. The highest BCUT2D eigenvalue weighted by Gasteiger charge is 2.28. The summed E-state index contributed by atoms with van der Waals surface area (Å²) in [6, 6.07) is 5.42. The minimum atomic E-state index is 0. The molecule has 2 rings (SSSR count). The Labute approximate surface area is 126 Å². The van der Waals surface area contributed by atoms with Crippen LogP contribution in [0.2, 0.25) is 5.02 Å². The third-order valence-corrected chi connectivity index (χ3v) is 4.29. The van der Waals surface area contributed by atoms with Crippen molar-refractivity contribution in [2.24, 2.45) is 5.73 Å². The van der Waals surface area contributed by atoms with E-state index in [1.54, 1.807) is 18.2 Å². The molecule has 100 valence electrons. The maximum absolute atomic E-state index is 12.3. The second kappa shape index (κ2) is 6.75. The molecule has 1 heterocycles. The number of benzene rings is 1. The molecular weight excluding hydrogens is 339 g/mol. The lowest BCUT2D eigenvalue weighted by Gasteiger charge is -2.23. The number of hydrogen-bond acceptors (Lipinski definition) is 2. The summed E-state index contributed by atoms with van der Waals surface area (Å²) in [4.78, 5) is 14.1. The van der Waals surface area contributed by atoms with Gasteiger partial charge in [0.15, 0.2) is 0 Å². The average molecular weight is 354 g/mol. The second-order valence-electron chi connectivity index (χ2n) is 4.16. The lowest BCUT2D eigenvalue weighted by Crippen LogP contribution is -2.39. The summed E-state index contributed by atoms with van der Waals surface area (Å²) >= 11 is 9.24. The molecule has 0 aliphatic carbocycles. The van der Waals surface area contributed by atoms with Crippen LogP contribution in [0.3, 0.4) is 0 Å². The van der Waals surface area contributed by atoms with Crippen molar-refractivity contribution in [3.05, 3.63) is 33.3 Å². The Morgan fingerprint density at radius 3 is 2.89 bits per heavy atom. The first-order valence-electron chi connectivity index (χ1n) is 5.59. The number of hydrogen-bond donors (Lipinski definition) is 1. The van der Waals surface area contributed by atoms with Crippen LogP contribution in [0.5, 0.6) is 0 Å². The van der Waals surface area contributed by atoms with Gasteiger partial charge in [0.05, 0.1) is 5.02 Å². The topological polar surface area (TPSA) is 46.3 Å². The molecule has 18 heavy (non-hydrogen) atoms. The highest BCUT2D eigenvalue weighted by atomic mass is 79.9. The Hall–Kier alpha value is -0.290. The summed E-state index contributed by atoms with van der Waals surface area (Å²) in [6.45, 7) is 1.32. The quantitative estimate of drug-likeness (QED) is 0.887. The average Bonchev–Trinajstić information content (AvgIpc) is 2.80. The maximum Gasteiger partial charge on any atom is 0.254 e. The van der Waals surface area contributed by atoms with Crippen molar-refractivity contribution >= 4 is 45.8 Å². The van der Waals surface area contributed by atoms with Crippen LogP contribution in [-0.4, -0.2) is 29.9 Å². The van der Waals surface area contributed by atoms with Gasteiger partial charge in [-0.25, -0.2) is 0 Å². The van der Waals surface area contributed by atoms with Gasteiger partial charge in [-0.1, -0.05) is 11.6 Å². The number of halogens is 3. The van der Waals surface area contributed by atoms with E-state index >= 15 is 0 Å². The van der Waals surface area contributed by atoms with E-state index in [1.165, 1.54) is 0 Å². The predicted octanol–water partition coefficient (Wildman–Crippen LogP) is 3.09. The lowest BCUT2D eigenvalue weighted by atomic mass is 10.1. The van der Waals surface area contributed by atoms with Crippen molar-refractivity contribution in [3.63, 3.8) is 0 Å². The normalized spacial score (nSPS) is 18.6. The zero-order chi connectivity index (χ0) is 12.4. The largest absolute Gasteiger partial charge is 0.334 e. The van der Waals surface area contributed by atoms with Gasteiger partial charge in [-0.05, 0) is 47.0 Å². The van der Waals surface area contributed by atoms with E-state index in [0.29, 0.717) is 17.1 Å². The summed E-state index contributed by atoms with van der Waals surface area (Å²) < 4.78 is 0.744. The molecule has 1 aliphatic rings. The highest BCUT2D eigenvalue weighted by Crippen LogP contribution is 2.25.